The van der Waals surface area contributed by atoms with Crippen molar-refractivity contribution in [3.63, 3.8) is 0 Å². The summed E-state index contributed by atoms with van der Waals surface area (Å²) >= 11 is 6.03. The molecule has 18 heavy (non-hydrogen) atoms. The van der Waals surface area contributed by atoms with E-state index in [1.54, 1.807) is 0 Å². The molecule has 0 amide bonds. The highest BCUT2D eigenvalue weighted by atomic mass is 35.5. The van der Waals surface area contributed by atoms with E-state index in [9.17, 15) is 0 Å². The van der Waals surface area contributed by atoms with Crippen LogP contribution < -0.4 is 0 Å². The van der Waals surface area contributed by atoms with Crippen molar-refractivity contribution in [3.05, 3.63) is 30.1 Å². The van der Waals surface area contributed by atoms with Gasteiger partial charge in [0.2, 0.25) is 0 Å². The standard InChI is InChI=1S/C15H21ClN2/c1-4-11(2)9-12(3)18-14-8-6-5-7-13(14)17-15(18)10-16/h5-8,11-12H,4,9-10H2,1-3H3. The Bertz CT molecular complexity index is 518. The molecule has 2 rings (SSSR count). The van der Waals surface area contributed by atoms with Crippen LogP contribution in [0.2, 0.25) is 0 Å². The molecule has 0 aliphatic heterocycles. The van der Waals surface area contributed by atoms with Crippen LogP contribution >= 0.6 is 11.6 Å². The van der Waals surface area contributed by atoms with Crippen molar-refractivity contribution in [1.82, 2.24) is 9.55 Å². The molecular weight excluding hydrogens is 244 g/mol. The Labute approximate surface area is 114 Å². The maximum absolute atomic E-state index is 6.03. The Morgan fingerprint density at radius 3 is 2.67 bits per heavy atom. The van der Waals surface area contributed by atoms with E-state index in [1.807, 2.05) is 6.07 Å². The highest BCUT2D eigenvalue weighted by Crippen LogP contribution is 2.27. The monoisotopic (exact) mass is 264 g/mol. The number of para-hydroxylation sites is 2. The summed E-state index contributed by atoms with van der Waals surface area (Å²) in [5.74, 6) is 2.18. The van der Waals surface area contributed by atoms with Gasteiger partial charge in [0.25, 0.3) is 0 Å². The van der Waals surface area contributed by atoms with Gasteiger partial charge in [-0.3, -0.25) is 0 Å². The Balaban J connectivity index is 2.41. The minimum atomic E-state index is 0.445. The topological polar surface area (TPSA) is 17.8 Å². The third-order valence-electron chi connectivity index (χ3n) is 3.67. The number of benzene rings is 1. The molecule has 0 fully saturated rings. The molecule has 0 bridgehead atoms. The number of fused-ring (bicyclic) bond motifs is 1. The molecule has 0 spiro atoms. The van der Waals surface area contributed by atoms with Gasteiger partial charge in [-0.1, -0.05) is 32.4 Å². The second-order valence-corrected chi connectivity index (χ2v) is 5.39. The number of alkyl halides is 1. The van der Waals surface area contributed by atoms with Crippen LogP contribution in [-0.2, 0) is 5.88 Å². The number of imidazole rings is 1. The van der Waals surface area contributed by atoms with Crippen molar-refractivity contribution < 1.29 is 0 Å². The van der Waals surface area contributed by atoms with Gasteiger partial charge in [0.15, 0.2) is 0 Å². The van der Waals surface area contributed by atoms with Crippen molar-refractivity contribution in [1.29, 1.82) is 0 Å². The molecule has 0 radical (unpaired) electrons. The average molecular weight is 265 g/mol. The van der Waals surface area contributed by atoms with Crippen LogP contribution in [0.15, 0.2) is 24.3 Å². The number of rotatable bonds is 5. The van der Waals surface area contributed by atoms with E-state index in [0.717, 1.165) is 17.3 Å². The van der Waals surface area contributed by atoms with E-state index < -0.39 is 0 Å². The minimum Gasteiger partial charge on any atom is -0.324 e. The third-order valence-corrected chi connectivity index (χ3v) is 3.91. The lowest BCUT2D eigenvalue weighted by atomic mass is 10.00. The van der Waals surface area contributed by atoms with E-state index in [1.165, 1.54) is 18.4 Å². The quantitative estimate of drug-likeness (QED) is 0.711. The fraction of sp³-hybridized carbons (Fsp3) is 0.533. The summed E-state index contributed by atoms with van der Waals surface area (Å²) in [5.41, 5.74) is 2.24. The smallest absolute Gasteiger partial charge is 0.125 e. The molecular formula is C15H21ClN2. The zero-order valence-electron chi connectivity index (χ0n) is 11.4. The summed E-state index contributed by atoms with van der Waals surface area (Å²) < 4.78 is 2.30. The maximum atomic E-state index is 6.03. The Morgan fingerprint density at radius 1 is 1.28 bits per heavy atom. The van der Waals surface area contributed by atoms with E-state index in [4.69, 9.17) is 11.6 Å². The molecule has 0 N–H and O–H groups in total. The first kappa shape index (κ1) is 13.4. The SMILES string of the molecule is CCC(C)CC(C)n1c(CCl)nc2ccccc21. The molecule has 2 aromatic rings. The van der Waals surface area contributed by atoms with E-state index >= 15 is 0 Å². The summed E-state index contributed by atoms with van der Waals surface area (Å²) in [5, 5.41) is 0. The zero-order chi connectivity index (χ0) is 13.1. The largest absolute Gasteiger partial charge is 0.324 e. The number of nitrogens with zero attached hydrogens (tertiary/aromatic N) is 2. The molecule has 2 unspecified atom stereocenters. The Morgan fingerprint density at radius 2 is 2.00 bits per heavy atom. The van der Waals surface area contributed by atoms with E-state index in [2.05, 4.69) is 48.5 Å². The summed E-state index contributed by atoms with van der Waals surface area (Å²) in [7, 11) is 0. The second-order valence-electron chi connectivity index (χ2n) is 5.12. The Hall–Kier alpha value is -1.02. The average Bonchev–Trinajstić information content (AvgIpc) is 2.76. The molecule has 1 aromatic carbocycles. The number of halogens is 1. The highest BCUT2D eigenvalue weighted by Gasteiger charge is 2.16. The van der Waals surface area contributed by atoms with Gasteiger partial charge in [0.1, 0.15) is 5.82 Å². The fourth-order valence-corrected chi connectivity index (χ4v) is 2.72. The summed E-state index contributed by atoms with van der Waals surface area (Å²) in [4.78, 5) is 4.62. The molecule has 0 saturated heterocycles. The molecule has 1 heterocycles. The molecule has 0 aliphatic rings. The molecule has 2 atom stereocenters. The van der Waals surface area contributed by atoms with Crippen molar-refractivity contribution >= 4 is 22.6 Å². The third kappa shape index (κ3) is 2.54. The van der Waals surface area contributed by atoms with Gasteiger partial charge in [0, 0.05) is 6.04 Å². The molecule has 1 aromatic heterocycles. The molecule has 0 saturated carbocycles. The fourth-order valence-electron chi connectivity index (χ4n) is 2.53. The van der Waals surface area contributed by atoms with Crippen LogP contribution in [0.3, 0.4) is 0 Å². The number of hydrogen-bond acceptors (Lipinski definition) is 1. The van der Waals surface area contributed by atoms with Gasteiger partial charge in [-0.25, -0.2) is 4.98 Å². The lowest BCUT2D eigenvalue weighted by molar-refractivity contribution is 0.399. The van der Waals surface area contributed by atoms with Crippen molar-refractivity contribution in [3.8, 4) is 0 Å². The minimum absolute atomic E-state index is 0.445. The van der Waals surface area contributed by atoms with E-state index in [0.29, 0.717) is 11.9 Å². The van der Waals surface area contributed by atoms with Gasteiger partial charge >= 0.3 is 0 Å². The first-order valence-corrected chi connectivity index (χ1v) is 7.22. The molecule has 98 valence electrons. The van der Waals surface area contributed by atoms with Crippen LogP contribution in [0.4, 0.5) is 0 Å². The van der Waals surface area contributed by atoms with E-state index in [-0.39, 0.29) is 0 Å². The normalized spacial score (nSPS) is 14.9. The van der Waals surface area contributed by atoms with Crippen LogP contribution in [0.25, 0.3) is 11.0 Å². The lowest BCUT2D eigenvalue weighted by Gasteiger charge is -2.20. The Kier molecular flexibility index (Phi) is 4.28. The van der Waals surface area contributed by atoms with Crippen molar-refractivity contribution in [2.75, 3.05) is 0 Å². The van der Waals surface area contributed by atoms with Crippen LogP contribution in [0.5, 0.6) is 0 Å². The van der Waals surface area contributed by atoms with Crippen LogP contribution in [0.1, 0.15) is 45.5 Å². The number of hydrogen-bond donors (Lipinski definition) is 0. The lowest BCUT2D eigenvalue weighted by Crippen LogP contribution is -2.11. The maximum Gasteiger partial charge on any atom is 0.125 e. The van der Waals surface area contributed by atoms with Gasteiger partial charge in [-0.15, -0.1) is 11.6 Å². The number of aromatic nitrogens is 2. The zero-order valence-corrected chi connectivity index (χ0v) is 12.1. The predicted octanol–water partition coefficient (Wildman–Crippen LogP) is 4.77. The molecule has 2 nitrogen and oxygen atoms in total. The molecule has 3 heteroatoms. The summed E-state index contributed by atoms with van der Waals surface area (Å²) in [6.07, 6.45) is 2.38. The second kappa shape index (κ2) is 5.75. The van der Waals surface area contributed by atoms with Crippen LogP contribution in [-0.4, -0.2) is 9.55 Å². The van der Waals surface area contributed by atoms with Gasteiger partial charge in [-0.05, 0) is 31.4 Å². The highest BCUT2D eigenvalue weighted by molar-refractivity contribution is 6.16. The molecule has 0 aliphatic carbocycles. The van der Waals surface area contributed by atoms with Crippen LogP contribution in [0, 0.1) is 5.92 Å². The summed E-state index contributed by atoms with van der Waals surface area (Å²) in [6.45, 7) is 6.80. The summed E-state index contributed by atoms with van der Waals surface area (Å²) in [6, 6.07) is 8.72. The van der Waals surface area contributed by atoms with Gasteiger partial charge in [-0.2, -0.15) is 0 Å². The first-order valence-electron chi connectivity index (χ1n) is 6.69. The first-order chi connectivity index (χ1) is 8.67. The van der Waals surface area contributed by atoms with Crippen molar-refractivity contribution in [2.24, 2.45) is 5.92 Å². The van der Waals surface area contributed by atoms with Gasteiger partial charge in [0.05, 0.1) is 16.9 Å². The van der Waals surface area contributed by atoms with Gasteiger partial charge < -0.3 is 4.57 Å². The predicted molar refractivity (Wildman–Crippen MR) is 78.1 cm³/mol. The van der Waals surface area contributed by atoms with Crippen molar-refractivity contribution in [2.45, 2.75) is 45.5 Å².